The van der Waals surface area contributed by atoms with Crippen LogP contribution in [-0.4, -0.2) is 6.10 Å². The van der Waals surface area contributed by atoms with E-state index in [-0.39, 0.29) is 6.10 Å². The number of hydrogen-bond acceptors (Lipinski definition) is 1. The Hall–Kier alpha value is -1.42. The summed E-state index contributed by atoms with van der Waals surface area (Å²) in [5, 5.41) is 0. The standard InChI is InChI=1S/C21H26O/c1-4-22-20-10-9-19-18-8-6-15-13-14(2)5-7-16(15)17(18)11-12-21(19,20)3/h1,5,7,13,17-20H,6,8-12H2,2-3H3/t17-,18-,19?,20+,21+/m1/s1. The normalized spacial score (nSPS) is 39.3. The summed E-state index contributed by atoms with van der Waals surface area (Å²) in [6.07, 6.45) is 15.8. The Kier molecular flexibility index (Phi) is 3.26. The van der Waals surface area contributed by atoms with Gasteiger partial charge in [0, 0.05) is 5.41 Å². The minimum Gasteiger partial charge on any atom is -0.443 e. The van der Waals surface area contributed by atoms with Gasteiger partial charge in [0.1, 0.15) is 12.2 Å². The van der Waals surface area contributed by atoms with Crippen LogP contribution in [0.2, 0.25) is 0 Å². The molecule has 4 rings (SSSR count). The summed E-state index contributed by atoms with van der Waals surface area (Å²) in [6, 6.07) is 7.13. The maximum atomic E-state index is 5.67. The highest BCUT2D eigenvalue weighted by Crippen LogP contribution is 2.61. The van der Waals surface area contributed by atoms with Crippen molar-refractivity contribution in [3.63, 3.8) is 0 Å². The van der Waals surface area contributed by atoms with Gasteiger partial charge in [-0.2, -0.15) is 0 Å². The highest BCUT2D eigenvalue weighted by molar-refractivity contribution is 5.37. The molecule has 0 aliphatic heterocycles. The lowest BCUT2D eigenvalue weighted by Crippen LogP contribution is -2.44. The second kappa shape index (κ2) is 5.05. The first kappa shape index (κ1) is 14.2. The second-order valence-corrected chi connectivity index (χ2v) is 7.96. The Morgan fingerprint density at radius 1 is 1.23 bits per heavy atom. The third-order valence-electron chi connectivity index (χ3n) is 7.01. The molecule has 0 saturated heterocycles. The van der Waals surface area contributed by atoms with Crippen molar-refractivity contribution in [1.82, 2.24) is 0 Å². The number of aryl methyl sites for hydroxylation is 2. The van der Waals surface area contributed by atoms with Crippen molar-refractivity contribution in [2.75, 3.05) is 0 Å². The molecule has 0 radical (unpaired) electrons. The summed E-state index contributed by atoms with van der Waals surface area (Å²) < 4.78 is 5.67. The molecule has 1 nitrogen and oxygen atoms in total. The predicted octanol–water partition coefficient (Wildman–Crippen LogP) is 4.83. The number of rotatable bonds is 1. The Bertz CT molecular complexity index is 625. The predicted molar refractivity (Wildman–Crippen MR) is 89.5 cm³/mol. The molecule has 0 heterocycles. The molecule has 0 N–H and O–H groups in total. The number of terminal acetylenes is 1. The smallest absolute Gasteiger partial charge is 0.116 e. The van der Waals surface area contributed by atoms with Gasteiger partial charge < -0.3 is 4.74 Å². The summed E-state index contributed by atoms with van der Waals surface area (Å²) in [5.41, 5.74) is 4.96. The van der Waals surface area contributed by atoms with E-state index in [9.17, 15) is 0 Å². The van der Waals surface area contributed by atoms with Gasteiger partial charge in [-0.05, 0) is 74.3 Å². The molecule has 1 aromatic carbocycles. The molecule has 22 heavy (non-hydrogen) atoms. The maximum absolute atomic E-state index is 5.67. The lowest BCUT2D eigenvalue weighted by molar-refractivity contribution is -0.0225. The summed E-state index contributed by atoms with van der Waals surface area (Å²) in [6.45, 7) is 4.65. The lowest BCUT2D eigenvalue weighted by Gasteiger charge is -2.50. The molecular formula is C21H26O. The number of benzene rings is 1. The van der Waals surface area contributed by atoms with Crippen LogP contribution < -0.4 is 0 Å². The monoisotopic (exact) mass is 294 g/mol. The molecular weight excluding hydrogens is 268 g/mol. The quantitative estimate of drug-likeness (QED) is 0.674. The van der Waals surface area contributed by atoms with E-state index < -0.39 is 0 Å². The van der Waals surface area contributed by atoms with E-state index in [0.717, 1.165) is 24.2 Å². The molecule has 0 amide bonds. The van der Waals surface area contributed by atoms with Gasteiger partial charge in [-0.25, -0.2) is 0 Å². The summed E-state index contributed by atoms with van der Waals surface area (Å²) in [5.74, 6) is 2.39. The first-order valence-electron chi connectivity index (χ1n) is 8.84. The second-order valence-electron chi connectivity index (χ2n) is 7.96. The van der Waals surface area contributed by atoms with E-state index in [0.29, 0.717) is 5.41 Å². The molecule has 1 unspecified atom stereocenters. The van der Waals surface area contributed by atoms with Crippen LogP contribution in [0.4, 0.5) is 0 Å². The zero-order chi connectivity index (χ0) is 15.3. The molecule has 3 aliphatic carbocycles. The van der Waals surface area contributed by atoms with Gasteiger partial charge in [0.15, 0.2) is 0 Å². The molecule has 116 valence electrons. The van der Waals surface area contributed by atoms with Crippen LogP contribution in [0, 0.1) is 36.7 Å². The van der Waals surface area contributed by atoms with E-state index in [1.54, 1.807) is 11.1 Å². The van der Waals surface area contributed by atoms with Crippen molar-refractivity contribution in [1.29, 1.82) is 0 Å². The number of fused-ring (bicyclic) bond motifs is 5. The van der Waals surface area contributed by atoms with E-state index in [4.69, 9.17) is 11.2 Å². The topological polar surface area (TPSA) is 9.23 Å². The van der Waals surface area contributed by atoms with Crippen molar-refractivity contribution >= 4 is 0 Å². The highest BCUT2D eigenvalue weighted by atomic mass is 16.5. The highest BCUT2D eigenvalue weighted by Gasteiger charge is 2.55. The van der Waals surface area contributed by atoms with Crippen molar-refractivity contribution in [3.05, 3.63) is 34.9 Å². The Balaban J connectivity index is 1.66. The first-order valence-corrected chi connectivity index (χ1v) is 8.84. The van der Waals surface area contributed by atoms with Crippen LogP contribution in [0.3, 0.4) is 0 Å². The fourth-order valence-electron chi connectivity index (χ4n) is 5.94. The van der Waals surface area contributed by atoms with E-state index >= 15 is 0 Å². The van der Waals surface area contributed by atoms with Gasteiger partial charge in [-0.15, -0.1) is 0 Å². The fraction of sp³-hybridized carbons (Fsp3) is 0.619. The Morgan fingerprint density at radius 2 is 2.09 bits per heavy atom. The molecule has 0 aromatic heterocycles. The molecule has 3 aliphatic rings. The maximum Gasteiger partial charge on any atom is 0.116 e. The lowest BCUT2D eigenvalue weighted by atomic mass is 9.55. The first-order chi connectivity index (χ1) is 10.6. The molecule has 1 aromatic rings. The average molecular weight is 294 g/mol. The zero-order valence-corrected chi connectivity index (χ0v) is 13.8. The van der Waals surface area contributed by atoms with Crippen LogP contribution in [0.5, 0.6) is 0 Å². The average Bonchev–Trinajstić information content (AvgIpc) is 2.84. The summed E-state index contributed by atoms with van der Waals surface area (Å²) >= 11 is 0. The fourth-order valence-corrected chi connectivity index (χ4v) is 5.94. The molecule has 0 spiro atoms. The number of ether oxygens (including phenoxy) is 1. The van der Waals surface area contributed by atoms with Gasteiger partial charge in [0.25, 0.3) is 0 Å². The Labute approximate surface area is 134 Å². The van der Waals surface area contributed by atoms with Crippen molar-refractivity contribution in [2.45, 2.75) is 64.4 Å². The largest absolute Gasteiger partial charge is 0.443 e. The van der Waals surface area contributed by atoms with Crippen LogP contribution >= 0.6 is 0 Å². The molecule has 1 heteroatoms. The van der Waals surface area contributed by atoms with E-state index in [2.05, 4.69) is 38.2 Å². The van der Waals surface area contributed by atoms with Crippen molar-refractivity contribution in [2.24, 2.45) is 17.3 Å². The Morgan fingerprint density at radius 3 is 2.91 bits per heavy atom. The van der Waals surface area contributed by atoms with Gasteiger partial charge in [0.05, 0.1) is 0 Å². The molecule has 5 atom stereocenters. The van der Waals surface area contributed by atoms with Gasteiger partial charge in [-0.1, -0.05) is 37.1 Å². The summed E-state index contributed by atoms with van der Waals surface area (Å²) in [7, 11) is 0. The third kappa shape index (κ3) is 1.93. The van der Waals surface area contributed by atoms with Crippen molar-refractivity contribution in [3.8, 4) is 12.5 Å². The minimum absolute atomic E-state index is 0.280. The zero-order valence-electron chi connectivity index (χ0n) is 13.8. The van der Waals surface area contributed by atoms with E-state index in [1.165, 1.54) is 37.7 Å². The molecule has 2 fully saturated rings. The van der Waals surface area contributed by atoms with E-state index in [1.807, 2.05) is 0 Å². The van der Waals surface area contributed by atoms with Crippen molar-refractivity contribution < 1.29 is 4.74 Å². The van der Waals surface area contributed by atoms with Gasteiger partial charge >= 0.3 is 0 Å². The van der Waals surface area contributed by atoms with Gasteiger partial charge in [0.2, 0.25) is 0 Å². The summed E-state index contributed by atoms with van der Waals surface area (Å²) in [4.78, 5) is 0. The minimum atomic E-state index is 0.280. The van der Waals surface area contributed by atoms with Crippen LogP contribution in [0.1, 0.15) is 61.6 Å². The van der Waals surface area contributed by atoms with Gasteiger partial charge in [-0.3, -0.25) is 0 Å². The van der Waals surface area contributed by atoms with Crippen LogP contribution in [0.25, 0.3) is 0 Å². The number of hydrogen-bond donors (Lipinski definition) is 0. The molecule has 0 bridgehead atoms. The van der Waals surface area contributed by atoms with Crippen LogP contribution in [-0.2, 0) is 11.2 Å². The molecule has 2 saturated carbocycles. The SMILES string of the molecule is C#CO[C@H]1CCC2[C@@H]3CCc4cc(C)ccc4[C@H]3CC[C@@]21C. The third-order valence-corrected chi connectivity index (χ3v) is 7.01. The van der Waals surface area contributed by atoms with Crippen LogP contribution in [0.15, 0.2) is 18.2 Å².